The van der Waals surface area contributed by atoms with Crippen LogP contribution in [0.3, 0.4) is 0 Å². The molecule has 2 aromatic carbocycles. The molecule has 0 spiro atoms. The summed E-state index contributed by atoms with van der Waals surface area (Å²) in [5, 5.41) is 0. The van der Waals surface area contributed by atoms with Crippen LogP contribution in [0, 0.1) is 11.7 Å². The summed E-state index contributed by atoms with van der Waals surface area (Å²) in [4.78, 5) is 28.5. The van der Waals surface area contributed by atoms with Gasteiger partial charge in [0, 0.05) is 25.7 Å². The molecular formula is C22H23FN2O3. The van der Waals surface area contributed by atoms with Crippen LogP contribution in [0.15, 0.2) is 48.5 Å². The first-order valence-corrected chi connectivity index (χ1v) is 9.53. The molecule has 2 aliphatic heterocycles. The van der Waals surface area contributed by atoms with Crippen molar-refractivity contribution in [3.63, 3.8) is 0 Å². The molecule has 2 unspecified atom stereocenters. The second kappa shape index (κ2) is 7.72. The van der Waals surface area contributed by atoms with E-state index in [4.69, 9.17) is 4.74 Å². The molecular weight excluding hydrogens is 359 g/mol. The normalized spacial score (nSPS) is 21.5. The molecule has 1 saturated heterocycles. The standard InChI is InChI=1S/C22H23FN2O3/c1-24(14-20-19-8-3-2-5-15(19)9-10-28-20)22(27)16-11-21(26)25(13-16)18-7-4-6-17(23)12-18/h2-8,12,16,20H,9-11,13-14H2,1H3. The van der Waals surface area contributed by atoms with E-state index in [0.717, 1.165) is 12.0 Å². The van der Waals surface area contributed by atoms with Crippen LogP contribution < -0.4 is 4.90 Å². The highest BCUT2D eigenvalue weighted by Crippen LogP contribution is 2.30. The van der Waals surface area contributed by atoms with Crippen molar-refractivity contribution in [1.29, 1.82) is 0 Å². The lowest BCUT2D eigenvalue weighted by molar-refractivity contribution is -0.136. The topological polar surface area (TPSA) is 49.9 Å². The van der Waals surface area contributed by atoms with Crippen LogP contribution in [-0.2, 0) is 20.7 Å². The molecule has 0 bridgehead atoms. The Bertz CT molecular complexity index is 901. The Morgan fingerprint density at radius 3 is 2.89 bits per heavy atom. The third kappa shape index (κ3) is 3.64. The number of anilines is 1. The summed E-state index contributed by atoms with van der Waals surface area (Å²) in [7, 11) is 1.75. The van der Waals surface area contributed by atoms with Crippen molar-refractivity contribution in [2.24, 2.45) is 5.92 Å². The average molecular weight is 382 g/mol. The average Bonchev–Trinajstić information content (AvgIpc) is 3.09. The van der Waals surface area contributed by atoms with Crippen LogP contribution >= 0.6 is 0 Å². The zero-order chi connectivity index (χ0) is 19.7. The molecule has 28 heavy (non-hydrogen) atoms. The molecule has 6 heteroatoms. The van der Waals surface area contributed by atoms with Crippen LogP contribution in [0.1, 0.15) is 23.7 Å². The minimum atomic E-state index is -0.431. The van der Waals surface area contributed by atoms with Crippen LogP contribution in [-0.4, -0.2) is 43.5 Å². The van der Waals surface area contributed by atoms with E-state index in [-0.39, 0.29) is 30.9 Å². The number of halogens is 1. The third-order valence-corrected chi connectivity index (χ3v) is 5.50. The summed E-state index contributed by atoms with van der Waals surface area (Å²) in [5.74, 6) is -1.07. The first-order chi connectivity index (χ1) is 13.5. The zero-order valence-electron chi connectivity index (χ0n) is 15.8. The van der Waals surface area contributed by atoms with Crippen molar-refractivity contribution >= 4 is 17.5 Å². The van der Waals surface area contributed by atoms with Crippen molar-refractivity contribution < 1.29 is 18.7 Å². The number of benzene rings is 2. The first-order valence-electron chi connectivity index (χ1n) is 9.53. The molecule has 2 atom stereocenters. The van der Waals surface area contributed by atoms with Gasteiger partial charge in [0.05, 0.1) is 19.1 Å². The summed E-state index contributed by atoms with van der Waals surface area (Å²) < 4.78 is 19.4. The number of likely N-dealkylation sites (N-methyl/N-ethyl adjacent to an activating group) is 1. The molecule has 0 radical (unpaired) electrons. The number of fused-ring (bicyclic) bond motifs is 1. The lowest BCUT2D eigenvalue weighted by atomic mass is 9.97. The fourth-order valence-corrected chi connectivity index (χ4v) is 4.04. The Hall–Kier alpha value is -2.73. The smallest absolute Gasteiger partial charge is 0.227 e. The summed E-state index contributed by atoms with van der Waals surface area (Å²) in [5.41, 5.74) is 2.87. The van der Waals surface area contributed by atoms with E-state index in [1.807, 2.05) is 18.2 Å². The van der Waals surface area contributed by atoms with Gasteiger partial charge in [-0.05, 0) is 35.7 Å². The van der Waals surface area contributed by atoms with Gasteiger partial charge in [0.1, 0.15) is 11.9 Å². The Kier molecular flexibility index (Phi) is 5.13. The van der Waals surface area contributed by atoms with Crippen molar-refractivity contribution in [3.8, 4) is 0 Å². The number of amides is 2. The van der Waals surface area contributed by atoms with Crippen molar-refractivity contribution in [2.75, 3.05) is 31.6 Å². The van der Waals surface area contributed by atoms with Gasteiger partial charge in [-0.3, -0.25) is 9.59 Å². The predicted molar refractivity (Wildman–Crippen MR) is 103 cm³/mol. The molecule has 2 aromatic rings. The number of carbonyl (C=O) groups is 2. The summed E-state index contributed by atoms with van der Waals surface area (Å²) >= 11 is 0. The highest BCUT2D eigenvalue weighted by molar-refractivity contribution is 6.00. The Morgan fingerprint density at radius 2 is 2.07 bits per heavy atom. The van der Waals surface area contributed by atoms with E-state index in [0.29, 0.717) is 18.8 Å². The fourth-order valence-electron chi connectivity index (χ4n) is 4.04. The molecule has 0 aromatic heterocycles. The molecule has 0 aliphatic carbocycles. The van der Waals surface area contributed by atoms with Crippen molar-refractivity contribution in [2.45, 2.75) is 18.9 Å². The maximum atomic E-state index is 13.5. The Morgan fingerprint density at radius 1 is 1.25 bits per heavy atom. The van der Waals surface area contributed by atoms with E-state index < -0.39 is 11.7 Å². The van der Waals surface area contributed by atoms with Gasteiger partial charge < -0.3 is 14.5 Å². The fraction of sp³-hybridized carbons (Fsp3) is 0.364. The number of rotatable bonds is 4. The molecule has 5 nitrogen and oxygen atoms in total. The molecule has 1 fully saturated rings. The van der Waals surface area contributed by atoms with Gasteiger partial charge in [0.25, 0.3) is 0 Å². The van der Waals surface area contributed by atoms with E-state index in [1.54, 1.807) is 24.1 Å². The minimum Gasteiger partial charge on any atom is -0.371 e. The molecule has 0 N–H and O–H groups in total. The summed E-state index contributed by atoms with van der Waals surface area (Å²) in [6, 6.07) is 14.0. The van der Waals surface area contributed by atoms with E-state index in [2.05, 4.69) is 6.07 Å². The van der Waals surface area contributed by atoms with Gasteiger partial charge in [0.15, 0.2) is 0 Å². The molecule has 0 saturated carbocycles. The predicted octanol–water partition coefficient (Wildman–Crippen LogP) is 2.95. The molecule has 4 rings (SSSR count). The highest BCUT2D eigenvalue weighted by atomic mass is 19.1. The number of ether oxygens (including phenoxy) is 1. The van der Waals surface area contributed by atoms with Crippen molar-refractivity contribution in [3.05, 3.63) is 65.5 Å². The third-order valence-electron chi connectivity index (χ3n) is 5.50. The van der Waals surface area contributed by atoms with Crippen LogP contribution in [0.4, 0.5) is 10.1 Å². The Balaban J connectivity index is 1.43. The van der Waals surface area contributed by atoms with Gasteiger partial charge >= 0.3 is 0 Å². The second-order valence-electron chi connectivity index (χ2n) is 7.41. The molecule has 2 amide bonds. The maximum Gasteiger partial charge on any atom is 0.227 e. The first kappa shape index (κ1) is 18.6. The maximum absolute atomic E-state index is 13.5. The quantitative estimate of drug-likeness (QED) is 0.817. The lowest BCUT2D eigenvalue weighted by Crippen LogP contribution is -2.38. The van der Waals surface area contributed by atoms with Gasteiger partial charge in [0.2, 0.25) is 11.8 Å². The zero-order valence-corrected chi connectivity index (χ0v) is 15.8. The van der Waals surface area contributed by atoms with Gasteiger partial charge in [-0.25, -0.2) is 4.39 Å². The lowest BCUT2D eigenvalue weighted by Gasteiger charge is -2.30. The van der Waals surface area contributed by atoms with E-state index in [1.165, 1.54) is 22.6 Å². The van der Waals surface area contributed by atoms with Gasteiger partial charge in [-0.15, -0.1) is 0 Å². The minimum absolute atomic E-state index is 0.0843. The second-order valence-corrected chi connectivity index (χ2v) is 7.41. The summed E-state index contributed by atoms with van der Waals surface area (Å²) in [6.45, 7) is 1.35. The van der Waals surface area contributed by atoms with Crippen LogP contribution in [0.5, 0.6) is 0 Å². The Labute approximate surface area is 163 Å². The van der Waals surface area contributed by atoms with E-state index >= 15 is 0 Å². The largest absolute Gasteiger partial charge is 0.371 e. The number of carbonyl (C=O) groups excluding carboxylic acids is 2. The monoisotopic (exact) mass is 382 g/mol. The summed E-state index contributed by atoms with van der Waals surface area (Å²) in [6.07, 6.45) is 0.863. The van der Waals surface area contributed by atoms with Gasteiger partial charge in [-0.1, -0.05) is 30.3 Å². The van der Waals surface area contributed by atoms with E-state index in [9.17, 15) is 14.0 Å². The van der Waals surface area contributed by atoms with Crippen LogP contribution in [0.2, 0.25) is 0 Å². The number of nitrogens with zero attached hydrogens (tertiary/aromatic N) is 2. The van der Waals surface area contributed by atoms with Crippen molar-refractivity contribution in [1.82, 2.24) is 4.90 Å². The van der Waals surface area contributed by atoms with Gasteiger partial charge in [-0.2, -0.15) is 0 Å². The molecule has 146 valence electrons. The van der Waals surface area contributed by atoms with Crippen LogP contribution in [0.25, 0.3) is 0 Å². The number of hydrogen-bond acceptors (Lipinski definition) is 3. The number of hydrogen-bond donors (Lipinski definition) is 0. The highest BCUT2D eigenvalue weighted by Gasteiger charge is 2.37. The molecule has 2 aliphatic rings. The SMILES string of the molecule is CN(CC1OCCc2ccccc21)C(=O)C1CC(=O)N(c2cccc(F)c2)C1. The molecule has 2 heterocycles.